The van der Waals surface area contributed by atoms with E-state index >= 15 is 0 Å². The number of tetrazole rings is 1. The number of rotatable bonds is 5. The minimum Gasteiger partial charge on any atom is -0.493 e. The van der Waals surface area contributed by atoms with Crippen LogP contribution in [0.1, 0.15) is 34.9 Å². The average Bonchev–Trinajstić information content (AvgIpc) is 3.23. The maximum absolute atomic E-state index is 11.5. The van der Waals surface area contributed by atoms with Gasteiger partial charge in [0.1, 0.15) is 0 Å². The van der Waals surface area contributed by atoms with Crippen molar-refractivity contribution in [3.05, 3.63) is 23.5 Å². The second-order valence-corrected chi connectivity index (χ2v) is 4.75. The Morgan fingerprint density at radius 1 is 1.29 bits per heavy atom. The van der Waals surface area contributed by atoms with Gasteiger partial charge >= 0.3 is 5.97 Å². The van der Waals surface area contributed by atoms with Crippen molar-refractivity contribution in [1.29, 1.82) is 0 Å². The molecule has 0 atom stereocenters. The molecule has 0 aliphatic heterocycles. The molecule has 1 fully saturated rings. The van der Waals surface area contributed by atoms with E-state index < -0.39 is 5.97 Å². The van der Waals surface area contributed by atoms with Crippen LogP contribution >= 0.6 is 0 Å². The first-order valence-corrected chi connectivity index (χ1v) is 6.43. The molecule has 0 amide bonds. The number of hydrogen-bond donors (Lipinski definition) is 1. The van der Waals surface area contributed by atoms with E-state index in [1.165, 1.54) is 25.0 Å². The van der Waals surface area contributed by atoms with Crippen LogP contribution in [0.5, 0.6) is 11.5 Å². The molecule has 3 rings (SSSR count). The fourth-order valence-electron chi connectivity index (χ4n) is 2.18. The van der Waals surface area contributed by atoms with E-state index in [0.29, 0.717) is 23.0 Å². The number of carbonyl (C=O) groups is 1. The monoisotopic (exact) mass is 290 g/mol. The average molecular weight is 290 g/mol. The molecule has 0 saturated heterocycles. The summed E-state index contributed by atoms with van der Waals surface area (Å²) in [5.41, 5.74) is 0.425. The Balaban J connectivity index is 2.19. The van der Waals surface area contributed by atoms with E-state index in [-0.39, 0.29) is 11.5 Å². The lowest BCUT2D eigenvalue weighted by Crippen LogP contribution is -2.10. The number of aromatic nitrogens is 4. The molecule has 1 aliphatic rings. The van der Waals surface area contributed by atoms with Gasteiger partial charge in [-0.2, -0.15) is 4.68 Å². The minimum absolute atomic E-state index is 0.0573. The third-order valence-electron chi connectivity index (χ3n) is 3.40. The van der Waals surface area contributed by atoms with Crippen LogP contribution in [0.3, 0.4) is 0 Å². The Hall–Kier alpha value is -2.64. The molecule has 0 radical (unpaired) electrons. The summed E-state index contributed by atoms with van der Waals surface area (Å²) >= 11 is 0. The topological polar surface area (TPSA) is 99.4 Å². The van der Waals surface area contributed by atoms with Gasteiger partial charge in [0, 0.05) is 18.1 Å². The molecular weight excluding hydrogens is 276 g/mol. The third-order valence-corrected chi connectivity index (χ3v) is 3.40. The van der Waals surface area contributed by atoms with E-state index in [0.717, 1.165) is 12.8 Å². The van der Waals surface area contributed by atoms with Crippen LogP contribution in [0.4, 0.5) is 0 Å². The van der Waals surface area contributed by atoms with Crippen LogP contribution in [0.15, 0.2) is 12.1 Å². The number of methoxy groups -OCH3 is 2. The summed E-state index contributed by atoms with van der Waals surface area (Å²) in [6.45, 7) is 0. The number of aromatic carboxylic acids is 1. The molecule has 2 aromatic rings. The number of hydrogen-bond acceptors (Lipinski definition) is 6. The Kier molecular flexibility index (Phi) is 3.20. The highest BCUT2D eigenvalue weighted by Crippen LogP contribution is 2.40. The molecule has 8 heteroatoms. The highest BCUT2D eigenvalue weighted by molar-refractivity contribution is 5.93. The van der Waals surface area contributed by atoms with Crippen molar-refractivity contribution < 1.29 is 19.4 Å². The van der Waals surface area contributed by atoms with Crippen LogP contribution in [-0.4, -0.2) is 45.5 Å². The first kappa shape index (κ1) is 13.3. The zero-order valence-electron chi connectivity index (χ0n) is 11.6. The SMILES string of the molecule is COc1cc(C(=O)O)c(-n2nnnc2C2CC2)cc1OC. The molecule has 0 bridgehead atoms. The van der Waals surface area contributed by atoms with Crippen LogP contribution in [0.2, 0.25) is 0 Å². The van der Waals surface area contributed by atoms with Crippen molar-refractivity contribution in [3.63, 3.8) is 0 Å². The first-order chi connectivity index (χ1) is 10.2. The zero-order valence-corrected chi connectivity index (χ0v) is 11.6. The Morgan fingerprint density at radius 2 is 1.95 bits per heavy atom. The Morgan fingerprint density at radius 3 is 2.52 bits per heavy atom. The van der Waals surface area contributed by atoms with Gasteiger partial charge in [0.15, 0.2) is 17.3 Å². The Labute approximate surface area is 120 Å². The van der Waals surface area contributed by atoms with Crippen molar-refractivity contribution in [2.24, 2.45) is 0 Å². The van der Waals surface area contributed by atoms with Gasteiger partial charge in [-0.3, -0.25) is 0 Å². The van der Waals surface area contributed by atoms with Gasteiger partial charge < -0.3 is 14.6 Å². The van der Waals surface area contributed by atoms with Gasteiger partial charge in [0.25, 0.3) is 0 Å². The maximum Gasteiger partial charge on any atom is 0.338 e. The number of benzene rings is 1. The second kappa shape index (κ2) is 5.04. The summed E-state index contributed by atoms with van der Waals surface area (Å²) in [7, 11) is 2.94. The van der Waals surface area contributed by atoms with Crippen LogP contribution < -0.4 is 9.47 Å². The smallest absolute Gasteiger partial charge is 0.338 e. The highest BCUT2D eigenvalue weighted by Gasteiger charge is 2.31. The van der Waals surface area contributed by atoms with Crippen LogP contribution in [0, 0.1) is 0 Å². The van der Waals surface area contributed by atoms with E-state index in [2.05, 4.69) is 15.5 Å². The summed E-state index contributed by atoms with van der Waals surface area (Å²) in [6, 6.07) is 2.99. The van der Waals surface area contributed by atoms with Crippen LogP contribution in [-0.2, 0) is 0 Å². The van der Waals surface area contributed by atoms with Gasteiger partial charge in [0.05, 0.1) is 25.5 Å². The fourth-order valence-corrected chi connectivity index (χ4v) is 2.18. The lowest BCUT2D eigenvalue weighted by atomic mass is 10.1. The van der Waals surface area contributed by atoms with E-state index in [9.17, 15) is 9.90 Å². The number of carboxylic acid groups (broad SMARTS) is 1. The van der Waals surface area contributed by atoms with Crippen LogP contribution in [0.25, 0.3) is 5.69 Å². The highest BCUT2D eigenvalue weighted by atomic mass is 16.5. The number of carboxylic acids is 1. The van der Waals surface area contributed by atoms with Crippen molar-refractivity contribution in [1.82, 2.24) is 20.2 Å². The molecule has 0 unspecified atom stereocenters. The summed E-state index contributed by atoms with van der Waals surface area (Å²) in [6.07, 6.45) is 2.02. The summed E-state index contributed by atoms with van der Waals surface area (Å²) in [5.74, 6) is 0.650. The fraction of sp³-hybridized carbons (Fsp3) is 0.385. The molecule has 8 nitrogen and oxygen atoms in total. The van der Waals surface area contributed by atoms with Gasteiger partial charge in [-0.1, -0.05) is 0 Å². The molecule has 1 aromatic heterocycles. The third kappa shape index (κ3) is 2.28. The second-order valence-electron chi connectivity index (χ2n) is 4.75. The zero-order chi connectivity index (χ0) is 15.0. The predicted octanol–water partition coefficient (Wildman–Crippen LogP) is 1.26. The molecular formula is C13H14N4O4. The first-order valence-electron chi connectivity index (χ1n) is 6.43. The normalized spacial score (nSPS) is 14.0. The van der Waals surface area contributed by atoms with Gasteiger partial charge in [-0.15, -0.1) is 5.10 Å². The standard InChI is InChI=1S/C13H14N4O4/c1-20-10-5-8(13(18)19)9(6-11(10)21-2)17-12(7-3-4-7)14-15-16-17/h5-7H,3-4H2,1-2H3,(H,18,19). The molecule has 110 valence electrons. The van der Waals surface area contributed by atoms with Gasteiger partial charge in [0.2, 0.25) is 0 Å². The number of ether oxygens (including phenoxy) is 2. The molecule has 1 aromatic carbocycles. The summed E-state index contributed by atoms with van der Waals surface area (Å²) < 4.78 is 11.8. The van der Waals surface area contributed by atoms with Crippen molar-refractivity contribution in [2.75, 3.05) is 14.2 Å². The predicted molar refractivity (Wildman–Crippen MR) is 71.2 cm³/mol. The lowest BCUT2D eigenvalue weighted by Gasteiger charge is -2.13. The summed E-state index contributed by atoms with van der Waals surface area (Å²) in [5, 5.41) is 21.0. The molecule has 1 aliphatic carbocycles. The quantitative estimate of drug-likeness (QED) is 0.884. The van der Waals surface area contributed by atoms with Crippen molar-refractivity contribution >= 4 is 5.97 Å². The molecule has 1 N–H and O–H groups in total. The van der Waals surface area contributed by atoms with E-state index in [1.807, 2.05) is 0 Å². The number of nitrogens with zero attached hydrogens (tertiary/aromatic N) is 4. The van der Waals surface area contributed by atoms with E-state index in [1.54, 1.807) is 6.07 Å². The molecule has 21 heavy (non-hydrogen) atoms. The Bertz CT molecular complexity index is 693. The molecule has 0 spiro atoms. The van der Waals surface area contributed by atoms with Gasteiger partial charge in [-0.25, -0.2) is 4.79 Å². The molecule has 1 heterocycles. The minimum atomic E-state index is -1.08. The summed E-state index contributed by atoms with van der Waals surface area (Å²) in [4.78, 5) is 11.5. The largest absolute Gasteiger partial charge is 0.493 e. The molecule has 1 saturated carbocycles. The van der Waals surface area contributed by atoms with Gasteiger partial charge in [-0.05, 0) is 23.3 Å². The van der Waals surface area contributed by atoms with Crippen molar-refractivity contribution in [2.45, 2.75) is 18.8 Å². The van der Waals surface area contributed by atoms with Crippen molar-refractivity contribution in [3.8, 4) is 17.2 Å². The maximum atomic E-state index is 11.5. The lowest BCUT2D eigenvalue weighted by molar-refractivity contribution is 0.0696. The van der Waals surface area contributed by atoms with E-state index in [4.69, 9.17) is 9.47 Å².